The van der Waals surface area contributed by atoms with Gasteiger partial charge >= 0.3 is 6.03 Å². The van der Waals surface area contributed by atoms with Gasteiger partial charge in [-0.1, -0.05) is 53.2 Å². The van der Waals surface area contributed by atoms with Crippen LogP contribution < -0.4 is 10.6 Å². The molecule has 3 nitrogen and oxygen atoms in total. The molecule has 2 aromatic rings. The van der Waals surface area contributed by atoms with Gasteiger partial charge in [0.2, 0.25) is 0 Å². The maximum Gasteiger partial charge on any atom is 0.319 e. The van der Waals surface area contributed by atoms with Gasteiger partial charge in [-0.25, -0.2) is 4.79 Å². The van der Waals surface area contributed by atoms with Crippen molar-refractivity contribution in [3.05, 3.63) is 64.1 Å². The van der Waals surface area contributed by atoms with Crippen LogP contribution in [-0.4, -0.2) is 6.03 Å². The average molecular weight is 333 g/mol. The number of hydrogen-bond donors (Lipinski definition) is 2. The topological polar surface area (TPSA) is 41.1 Å². The maximum absolute atomic E-state index is 11.9. The smallest absolute Gasteiger partial charge is 0.319 e. The standard InChI is InChI=1S/C16H17BrN2O/c1-2-13-10-14(17)8-9-15(13)19-16(20)18-11-12-6-4-3-5-7-12/h3-10H,2,11H2,1H3,(H2,18,19,20). The average Bonchev–Trinajstić information content (AvgIpc) is 2.48. The highest BCUT2D eigenvalue weighted by Gasteiger charge is 2.06. The van der Waals surface area contributed by atoms with Gasteiger partial charge in [0.1, 0.15) is 0 Å². The monoisotopic (exact) mass is 332 g/mol. The largest absolute Gasteiger partial charge is 0.334 e. The normalized spacial score (nSPS) is 10.1. The van der Waals surface area contributed by atoms with Crippen molar-refractivity contribution in [2.75, 3.05) is 5.32 Å². The molecule has 0 aliphatic rings. The Morgan fingerprint density at radius 3 is 2.60 bits per heavy atom. The van der Waals surface area contributed by atoms with Crippen LogP contribution in [0, 0.1) is 0 Å². The summed E-state index contributed by atoms with van der Waals surface area (Å²) in [5.74, 6) is 0. The first-order valence-electron chi connectivity index (χ1n) is 6.56. The first kappa shape index (κ1) is 14.6. The number of carbonyl (C=O) groups is 1. The molecule has 104 valence electrons. The molecule has 0 aromatic heterocycles. The van der Waals surface area contributed by atoms with Crippen molar-refractivity contribution in [3.8, 4) is 0 Å². The number of halogens is 1. The maximum atomic E-state index is 11.9. The minimum atomic E-state index is -0.189. The van der Waals surface area contributed by atoms with Crippen LogP contribution >= 0.6 is 15.9 Å². The van der Waals surface area contributed by atoms with E-state index < -0.39 is 0 Å². The second-order valence-electron chi connectivity index (χ2n) is 4.45. The summed E-state index contributed by atoms with van der Waals surface area (Å²) in [6.07, 6.45) is 0.869. The van der Waals surface area contributed by atoms with Gasteiger partial charge in [-0.2, -0.15) is 0 Å². The number of carbonyl (C=O) groups excluding carboxylic acids is 1. The first-order valence-corrected chi connectivity index (χ1v) is 7.35. The Labute approximate surface area is 127 Å². The SMILES string of the molecule is CCc1cc(Br)ccc1NC(=O)NCc1ccccc1. The lowest BCUT2D eigenvalue weighted by molar-refractivity contribution is 0.251. The van der Waals surface area contributed by atoms with Gasteiger partial charge in [0.15, 0.2) is 0 Å². The molecular formula is C16H17BrN2O. The third-order valence-corrected chi connectivity index (χ3v) is 3.49. The van der Waals surface area contributed by atoms with Crippen LogP contribution in [-0.2, 0) is 13.0 Å². The molecule has 0 saturated heterocycles. The summed E-state index contributed by atoms with van der Waals surface area (Å²) >= 11 is 3.44. The summed E-state index contributed by atoms with van der Waals surface area (Å²) in [7, 11) is 0. The summed E-state index contributed by atoms with van der Waals surface area (Å²) in [5.41, 5.74) is 3.03. The summed E-state index contributed by atoms with van der Waals surface area (Å²) in [6, 6.07) is 15.5. The fraction of sp³-hybridized carbons (Fsp3) is 0.188. The quantitative estimate of drug-likeness (QED) is 0.859. The Hall–Kier alpha value is -1.81. The minimum Gasteiger partial charge on any atom is -0.334 e. The lowest BCUT2D eigenvalue weighted by Crippen LogP contribution is -2.28. The van der Waals surface area contributed by atoms with E-state index in [0.29, 0.717) is 6.54 Å². The van der Waals surface area contributed by atoms with Crippen molar-refractivity contribution in [1.29, 1.82) is 0 Å². The predicted octanol–water partition coefficient (Wildman–Crippen LogP) is 4.33. The van der Waals surface area contributed by atoms with Crippen LogP contribution in [0.3, 0.4) is 0 Å². The van der Waals surface area contributed by atoms with Crippen LogP contribution in [0.1, 0.15) is 18.1 Å². The molecule has 2 aromatic carbocycles. The molecule has 0 atom stereocenters. The van der Waals surface area contributed by atoms with Gasteiger partial charge in [0.05, 0.1) is 0 Å². The van der Waals surface area contributed by atoms with Crippen LogP contribution in [0.15, 0.2) is 53.0 Å². The number of hydrogen-bond acceptors (Lipinski definition) is 1. The molecule has 0 unspecified atom stereocenters. The Morgan fingerprint density at radius 2 is 1.90 bits per heavy atom. The third kappa shape index (κ3) is 4.10. The number of benzene rings is 2. The number of urea groups is 1. The van der Waals surface area contributed by atoms with Crippen molar-refractivity contribution < 1.29 is 4.79 Å². The van der Waals surface area contributed by atoms with E-state index in [-0.39, 0.29) is 6.03 Å². The zero-order chi connectivity index (χ0) is 14.4. The van der Waals surface area contributed by atoms with Gasteiger partial charge in [-0.05, 0) is 35.7 Å². The van der Waals surface area contributed by atoms with E-state index in [2.05, 4.69) is 33.5 Å². The number of aryl methyl sites for hydroxylation is 1. The van der Waals surface area contributed by atoms with Crippen molar-refractivity contribution >= 4 is 27.6 Å². The molecule has 0 heterocycles. The molecule has 0 aliphatic carbocycles. The molecule has 0 spiro atoms. The lowest BCUT2D eigenvalue weighted by Gasteiger charge is -2.11. The van der Waals surface area contributed by atoms with Gasteiger partial charge in [-0.3, -0.25) is 0 Å². The zero-order valence-electron chi connectivity index (χ0n) is 11.3. The van der Waals surface area contributed by atoms with Gasteiger partial charge < -0.3 is 10.6 Å². The summed E-state index contributed by atoms with van der Waals surface area (Å²) < 4.78 is 1.02. The van der Waals surface area contributed by atoms with Crippen LogP contribution in [0.4, 0.5) is 10.5 Å². The summed E-state index contributed by atoms with van der Waals surface area (Å²) in [4.78, 5) is 11.9. The highest BCUT2D eigenvalue weighted by atomic mass is 79.9. The number of rotatable bonds is 4. The number of nitrogens with one attached hydrogen (secondary N) is 2. The second kappa shape index (κ2) is 7.10. The van der Waals surface area contributed by atoms with Crippen molar-refractivity contribution in [2.24, 2.45) is 0 Å². The van der Waals surface area contributed by atoms with Crippen molar-refractivity contribution in [3.63, 3.8) is 0 Å². The van der Waals surface area contributed by atoms with Crippen molar-refractivity contribution in [1.82, 2.24) is 5.32 Å². The van der Waals surface area contributed by atoms with Crippen LogP contribution in [0.5, 0.6) is 0 Å². The molecule has 2 amide bonds. The molecule has 0 aliphatic heterocycles. The minimum absolute atomic E-state index is 0.189. The van der Waals surface area contributed by atoms with Crippen LogP contribution in [0.2, 0.25) is 0 Å². The van der Waals surface area contributed by atoms with E-state index >= 15 is 0 Å². The zero-order valence-corrected chi connectivity index (χ0v) is 12.9. The lowest BCUT2D eigenvalue weighted by atomic mass is 10.1. The summed E-state index contributed by atoms with van der Waals surface area (Å²) in [6.45, 7) is 2.58. The molecule has 0 fully saturated rings. The Balaban J connectivity index is 1.95. The van der Waals surface area contributed by atoms with Crippen molar-refractivity contribution in [2.45, 2.75) is 19.9 Å². The highest BCUT2D eigenvalue weighted by molar-refractivity contribution is 9.10. The fourth-order valence-corrected chi connectivity index (χ4v) is 2.33. The molecule has 0 radical (unpaired) electrons. The number of anilines is 1. The van der Waals surface area contributed by atoms with Crippen LogP contribution in [0.25, 0.3) is 0 Å². The fourth-order valence-electron chi connectivity index (χ4n) is 1.92. The molecule has 4 heteroatoms. The molecule has 0 saturated carbocycles. The van der Waals surface area contributed by atoms with E-state index in [1.165, 1.54) is 0 Å². The van der Waals surface area contributed by atoms with E-state index in [4.69, 9.17) is 0 Å². The first-order chi connectivity index (χ1) is 9.69. The van der Waals surface area contributed by atoms with E-state index in [1.54, 1.807) is 0 Å². The molecule has 0 bridgehead atoms. The molecule has 20 heavy (non-hydrogen) atoms. The molecule has 2 N–H and O–H groups in total. The summed E-state index contributed by atoms with van der Waals surface area (Å²) in [5, 5.41) is 5.74. The Bertz CT molecular complexity index is 584. The molecular weight excluding hydrogens is 316 g/mol. The number of amides is 2. The van der Waals surface area contributed by atoms with E-state index in [9.17, 15) is 4.79 Å². The van der Waals surface area contributed by atoms with Gasteiger partial charge in [-0.15, -0.1) is 0 Å². The van der Waals surface area contributed by atoms with Gasteiger partial charge in [0.25, 0.3) is 0 Å². The van der Waals surface area contributed by atoms with E-state index in [1.807, 2.05) is 48.5 Å². The second-order valence-corrected chi connectivity index (χ2v) is 5.36. The Morgan fingerprint density at radius 1 is 1.15 bits per heavy atom. The molecule has 2 rings (SSSR count). The highest BCUT2D eigenvalue weighted by Crippen LogP contribution is 2.21. The third-order valence-electron chi connectivity index (χ3n) is 2.99. The van der Waals surface area contributed by atoms with E-state index in [0.717, 1.165) is 27.7 Å². The van der Waals surface area contributed by atoms with Gasteiger partial charge in [0, 0.05) is 16.7 Å². The Kier molecular flexibility index (Phi) is 5.18. The predicted molar refractivity (Wildman–Crippen MR) is 85.8 cm³/mol.